The summed E-state index contributed by atoms with van der Waals surface area (Å²) in [5.41, 5.74) is 1.85. The van der Waals surface area contributed by atoms with E-state index in [1.54, 1.807) is 19.1 Å². The number of nitriles is 1. The highest BCUT2D eigenvalue weighted by Gasteiger charge is 2.10. The summed E-state index contributed by atoms with van der Waals surface area (Å²) in [7, 11) is 0. The molecule has 0 aromatic carbocycles. The monoisotopic (exact) mass is 259 g/mol. The molecule has 4 nitrogen and oxygen atoms in total. The zero-order chi connectivity index (χ0) is 13.1. The highest BCUT2D eigenvalue weighted by atomic mass is 35.5. The molecule has 0 bridgehead atoms. The molecule has 0 unspecified atom stereocenters. The van der Waals surface area contributed by atoms with Crippen LogP contribution in [0, 0.1) is 25.2 Å². The molecule has 0 N–H and O–H groups in total. The minimum Gasteiger partial charge on any atom is -0.454 e. The fourth-order valence-corrected chi connectivity index (χ4v) is 1.75. The van der Waals surface area contributed by atoms with Gasteiger partial charge in [-0.15, -0.1) is 0 Å². The Bertz CT molecular complexity index is 635. The van der Waals surface area contributed by atoms with Crippen molar-refractivity contribution in [1.82, 2.24) is 9.97 Å². The van der Waals surface area contributed by atoms with Crippen molar-refractivity contribution in [2.24, 2.45) is 0 Å². The van der Waals surface area contributed by atoms with Crippen LogP contribution in [0.2, 0.25) is 5.02 Å². The van der Waals surface area contributed by atoms with Crippen molar-refractivity contribution in [3.63, 3.8) is 0 Å². The molecule has 90 valence electrons. The fourth-order valence-electron chi connectivity index (χ4n) is 1.58. The van der Waals surface area contributed by atoms with E-state index in [9.17, 15) is 0 Å². The minimum atomic E-state index is 0.417. The molecule has 2 aromatic heterocycles. The number of rotatable bonds is 2. The highest BCUT2D eigenvalue weighted by molar-refractivity contribution is 6.30. The standard InChI is InChI=1S/C13H10ClN3O/c1-8-3-13(12(5-15)9(2)17-8)18-11-4-10(14)6-16-7-11/h3-4,6-7H,1-2H3. The molecule has 0 saturated heterocycles. The summed E-state index contributed by atoms with van der Waals surface area (Å²) >= 11 is 5.83. The average Bonchev–Trinajstić information content (AvgIpc) is 2.28. The molecule has 0 amide bonds. The van der Waals surface area contributed by atoms with Gasteiger partial charge in [0.15, 0.2) is 0 Å². The number of aromatic nitrogens is 2. The Balaban J connectivity index is 2.43. The van der Waals surface area contributed by atoms with Gasteiger partial charge in [-0.1, -0.05) is 11.6 Å². The van der Waals surface area contributed by atoms with Crippen LogP contribution in [0.25, 0.3) is 0 Å². The van der Waals surface area contributed by atoms with Gasteiger partial charge in [-0.25, -0.2) is 0 Å². The zero-order valence-electron chi connectivity index (χ0n) is 9.94. The molecule has 0 aliphatic carbocycles. The molecule has 0 aliphatic heterocycles. The van der Waals surface area contributed by atoms with E-state index in [0.29, 0.717) is 27.8 Å². The number of nitrogens with zero attached hydrogens (tertiary/aromatic N) is 3. The van der Waals surface area contributed by atoms with Gasteiger partial charge in [0.05, 0.1) is 16.9 Å². The molecule has 5 heteroatoms. The quantitative estimate of drug-likeness (QED) is 0.829. The van der Waals surface area contributed by atoms with Crippen LogP contribution in [-0.4, -0.2) is 9.97 Å². The van der Waals surface area contributed by atoms with Crippen molar-refractivity contribution in [3.05, 3.63) is 46.5 Å². The van der Waals surface area contributed by atoms with Crippen LogP contribution in [0.5, 0.6) is 11.5 Å². The van der Waals surface area contributed by atoms with Gasteiger partial charge < -0.3 is 4.74 Å². The van der Waals surface area contributed by atoms with Crippen LogP contribution in [0.15, 0.2) is 24.5 Å². The second-order valence-corrected chi connectivity index (χ2v) is 4.21. The normalized spacial score (nSPS) is 9.89. The average molecular weight is 260 g/mol. The van der Waals surface area contributed by atoms with Crippen LogP contribution in [0.4, 0.5) is 0 Å². The van der Waals surface area contributed by atoms with Gasteiger partial charge in [0.2, 0.25) is 0 Å². The Morgan fingerprint density at radius 3 is 2.72 bits per heavy atom. The number of hydrogen-bond acceptors (Lipinski definition) is 4. The molecule has 0 atom stereocenters. The lowest BCUT2D eigenvalue weighted by molar-refractivity contribution is 0.476. The lowest BCUT2D eigenvalue weighted by Crippen LogP contribution is -1.96. The Morgan fingerprint density at radius 2 is 2.06 bits per heavy atom. The first-order chi connectivity index (χ1) is 8.60. The molecular formula is C13H10ClN3O. The van der Waals surface area contributed by atoms with Crippen LogP contribution >= 0.6 is 11.6 Å². The fraction of sp³-hybridized carbons (Fsp3) is 0.154. The summed E-state index contributed by atoms with van der Waals surface area (Å²) in [5, 5.41) is 9.59. The topological polar surface area (TPSA) is 58.8 Å². The Hall–Kier alpha value is -2.12. The number of hydrogen-bond donors (Lipinski definition) is 0. The molecule has 2 rings (SSSR count). The molecule has 0 aliphatic rings. The van der Waals surface area contributed by atoms with Crippen molar-refractivity contribution in [2.75, 3.05) is 0 Å². The molecule has 0 saturated carbocycles. The lowest BCUT2D eigenvalue weighted by Gasteiger charge is -2.09. The summed E-state index contributed by atoms with van der Waals surface area (Å²) in [5.74, 6) is 0.954. The van der Waals surface area contributed by atoms with Crippen LogP contribution in [0.1, 0.15) is 17.0 Å². The summed E-state index contributed by atoms with van der Waals surface area (Å²) in [6, 6.07) is 5.44. The predicted molar refractivity (Wildman–Crippen MR) is 67.7 cm³/mol. The summed E-state index contributed by atoms with van der Waals surface area (Å²) in [4.78, 5) is 8.15. The van der Waals surface area contributed by atoms with Crippen molar-refractivity contribution >= 4 is 11.6 Å². The minimum absolute atomic E-state index is 0.417. The van der Waals surface area contributed by atoms with E-state index in [2.05, 4.69) is 16.0 Å². The second kappa shape index (κ2) is 5.03. The number of halogens is 1. The number of aryl methyl sites for hydroxylation is 2. The largest absolute Gasteiger partial charge is 0.454 e. The van der Waals surface area contributed by atoms with Gasteiger partial charge in [0.1, 0.15) is 23.1 Å². The molecule has 18 heavy (non-hydrogen) atoms. The van der Waals surface area contributed by atoms with Crippen LogP contribution in [-0.2, 0) is 0 Å². The number of ether oxygens (including phenoxy) is 1. The molecule has 2 heterocycles. The third-order valence-electron chi connectivity index (χ3n) is 2.31. The Morgan fingerprint density at radius 1 is 1.28 bits per heavy atom. The number of pyridine rings is 2. The maximum atomic E-state index is 9.11. The van der Waals surface area contributed by atoms with E-state index in [4.69, 9.17) is 21.6 Å². The Kier molecular flexibility index (Phi) is 3.45. The van der Waals surface area contributed by atoms with Crippen molar-refractivity contribution < 1.29 is 4.74 Å². The predicted octanol–water partition coefficient (Wildman–Crippen LogP) is 3.41. The van der Waals surface area contributed by atoms with Gasteiger partial charge in [-0.2, -0.15) is 5.26 Å². The Labute approximate surface area is 110 Å². The maximum Gasteiger partial charge on any atom is 0.148 e. The lowest BCUT2D eigenvalue weighted by atomic mass is 10.2. The van der Waals surface area contributed by atoms with Crippen LogP contribution in [0.3, 0.4) is 0 Å². The van der Waals surface area contributed by atoms with Gasteiger partial charge in [-0.3, -0.25) is 9.97 Å². The van der Waals surface area contributed by atoms with Crippen molar-refractivity contribution in [1.29, 1.82) is 5.26 Å². The van der Waals surface area contributed by atoms with E-state index >= 15 is 0 Å². The van der Waals surface area contributed by atoms with E-state index < -0.39 is 0 Å². The molecule has 2 aromatic rings. The van der Waals surface area contributed by atoms with Gasteiger partial charge in [0.25, 0.3) is 0 Å². The summed E-state index contributed by atoms with van der Waals surface area (Å²) in [6.07, 6.45) is 3.06. The first-order valence-corrected chi connectivity index (χ1v) is 5.64. The van der Waals surface area contributed by atoms with Crippen LogP contribution < -0.4 is 4.74 Å². The maximum absolute atomic E-state index is 9.11. The van der Waals surface area contributed by atoms with Crippen molar-refractivity contribution in [2.45, 2.75) is 13.8 Å². The van der Waals surface area contributed by atoms with E-state index in [1.165, 1.54) is 12.4 Å². The van der Waals surface area contributed by atoms with E-state index in [0.717, 1.165) is 5.69 Å². The van der Waals surface area contributed by atoms with E-state index in [1.807, 2.05) is 6.92 Å². The SMILES string of the molecule is Cc1cc(Oc2cncc(Cl)c2)c(C#N)c(C)n1. The molecule has 0 spiro atoms. The first kappa shape index (κ1) is 12.3. The van der Waals surface area contributed by atoms with Crippen molar-refractivity contribution in [3.8, 4) is 17.6 Å². The van der Waals surface area contributed by atoms with Gasteiger partial charge in [0, 0.05) is 24.0 Å². The summed E-state index contributed by atoms with van der Waals surface area (Å²) in [6.45, 7) is 3.62. The van der Waals surface area contributed by atoms with E-state index in [-0.39, 0.29) is 0 Å². The third-order valence-corrected chi connectivity index (χ3v) is 2.52. The van der Waals surface area contributed by atoms with Gasteiger partial charge >= 0.3 is 0 Å². The zero-order valence-corrected chi connectivity index (χ0v) is 10.7. The first-order valence-electron chi connectivity index (χ1n) is 5.27. The smallest absolute Gasteiger partial charge is 0.148 e. The molecular weight excluding hydrogens is 250 g/mol. The second-order valence-electron chi connectivity index (χ2n) is 3.77. The highest BCUT2D eigenvalue weighted by Crippen LogP contribution is 2.27. The third kappa shape index (κ3) is 2.58. The molecule has 0 radical (unpaired) electrons. The molecule has 0 fully saturated rings. The summed E-state index contributed by atoms with van der Waals surface area (Å²) < 4.78 is 5.63. The van der Waals surface area contributed by atoms with Gasteiger partial charge in [-0.05, 0) is 13.8 Å².